The zero-order valence-corrected chi connectivity index (χ0v) is 16.8. The molecule has 0 spiro atoms. The lowest BCUT2D eigenvalue weighted by molar-refractivity contribution is -0.0429. The number of allylic oxidation sites excluding steroid dienone is 1. The van der Waals surface area contributed by atoms with Crippen LogP contribution in [-0.2, 0) is 10.0 Å². The molecule has 0 amide bonds. The predicted molar refractivity (Wildman–Crippen MR) is 114 cm³/mol. The molecule has 4 rings (SSSR count). The number of sulfonamides is 1. The number of aliphatic imine (C=N–C) groups is 1. The molecular formula is C22H16F3N3O2S. The summed E-state index contributed by atoms with van der Waals surface area (Å²) in [6, 6.07) is 19.0. The highest BCUT2D eigenvalue weighted by atomic mass is 32.2. The Morgan fingerprint density at radius 1 is 0.839 bits per heavy atom. The highest BCUT2D eigenvalue weighted by molar-refractivity contribution is 7.93. The minimum atomic E-state index is -5.51. The molecule has 0 aliphatic carbocycles. The van der Waals surface area contributed by atoms with E-state index in [0.717, 1.165) is 22.4 Å². The molecule has 0 unspecified atom stereocenters. The quantitative estimate of drug-likeness (QED) is 0.596. The molecule has 2 aromatic carbocycles. The fraction of sp³-hybridized carbons (Fsp3) is 0.0909. The van der Waals surface area contributed by atoms with Crippen LogP contribution in [-0.4, -0.2) is 24.6 Å². The monoisotopic (exact) mass is 443 g/mol. The summed E-state index contributed by atoms with van der Waals surface area (Å²) >= 11 is 0. The van der Waals surface area contributed by atoms with Crippen molar-refractivity contribution in [3.63, 3.8) is 0 Å². The van der Waals surface area contributed by atoms with Crippen molar-refractivity contribution in [2.24, 2.45) is 4.99 Å². The second-order valence-electron chi connectivity index (χ2n) is 6.80. The van der Waals surface area contributed by atoms with E-state index < -0.39 is 15.5 Å². The van der Waals surface area contributed by atoms with Crippen molar-refractivity contribution in [1.82, 2.24) is 4.98 Å². The van der Waals surface area contributed by atoms with Gasteiger partial charge in [0.15, 0.2) is 0 Å². The van der Waals surface area contributed by atoms with Crippen LogP contribution in [0.4, 0.5) is 18.9 Å². The van der Waals surface area contributed by atoms with Crippen LogP contribution in [0.2, 0.25) is 0 Å². The molecule has 1 aromatic heterocycles. The van der Waals surface area contributed by atoms with Gasteiger partial charge in [-0.2, -0.15) is 21.6 Å². The first-order valence-electron chi connectivity index (χ1n) is 9.21. The first-order chi connectivity index (χ1) is 14.7. The highest BCUT2D eigenvalue weighted by Crippen LogP contribution is 2.38. The minimum absolute atomic E-state index is 0.176. The molecule has 9 heteroatoms. The van der Waals surface area contributed by atoms with Crippen LogP contribution in [0.1, 0.15) is 23.1 Å². The number of hydrogen-bond donors (Lipinski definition) is 1. The van der Waals surface area contributed by atoms with Crippen molar-refractivity contribution in [3.05, 3.63) is 95.8 Å². The van der Waals surface area contributed by atoms with Crippen molar-refractivity contribution in [1.29, 1.82) is 0 Å². The summed E-state index contributed by atoms with van der Waals surface area (Å²) in [6.07, 6.45) is 3.70. The third-order valence-electron chi connectivity index (χ3n) is 4.71. The fourth-order valence-corrected chi connectivity index (χ4v) is 3.81. The summed E-state index contributed by atoms with van der Waals surface area (Å²) < 4.78 is 62.9. The number of nitrogens with one attached hydrogen (secondary N) is 1. The molecule has 1 aliphatic rings. The van der Waals surface area contributed by atoms with Crippen LogP contribution in [0.5, 0.6) is 0 Å². The van der Waals surface area contributed by atoms with Gasteiger partial charge < -0.3 is 0 Å². The summed E-state index contributed by atoms with van der Waals surface area (Å²) in [5.41, 5.74) is -1.02. The van der Waals surface area contributed by atoms with Gasteiger partial charge in [0.1, 0.15) is 0 Å². The minimum Gasteiger partial charge on any atom is -0.276 e. The van der Waals surface area contributed by atoms with Crippen molar-refractivity contribution >= 4 is 32.7 Å². The smallest absolute Gasteiger partial charge is 0.276 e. The lowest BCUT2D eigenvalue weighted by atomic mass is 9.96. The largest absolute Gasteiger partial charge is 0.516 e. The molecule has 5 nitrogen and oxygen atoms in total. The van der Waals surface area contributed by atoms with Gasteiger partial charge in [0.25, 0.3) is 0 Å². The Morgan fingerprint density at radius 3 is 2.19 bits per heavy atom. The summed E-state index contributed by atoms with van der Waals surface area (Å²) in [5.74, 6) is 0. The van der Waals surface area contributed by atoms with E-state index in [2.05, 4.69) is 4.98 Å². The van der Waals surface area contributed by atoms with Gasteiger partial charge >= 0.3 is 15.5 Å². The van der Waals surface area contributed by atoms with Crippen LogP contribution >= 0.6 is 0 Å². The third-order valence-corrected chi connectivity index (χ3v) is 5.82. The van der Waals surface area contributed by atoms with Gasteiger partial charge in [0.05, 0.1) is 11.4 Å². The Labute approximate surface area is 177 Å². The Kier molecular flexibility index (Phi) is 5.36. The van der Waals surface area contributed by atoms with E-state index in [0.29, 0.717) is 17.7 Å². The maximum absolute atomic E-state index is 12.8. The maximum Gasteiger partial charge on any atom is 0.516 e. The Balaban J connectivity index is 1.75. The van der Waals surface area contributed by atoms with E-state index in [4.69, 9.17) is 4.99 Å². The van der Waals surface area contributed by atoms with Crippen molar-refractivity contribution < 1.29 is 21.6 Å². The van der Waals surface area contributed by atoms with Crippen molar-refractivity contribution in [2.75, 3.05) is 4.72 Å². The zero-order chi connectivity index (χ0) is 22.1. The van der Waals surface area contributed by atoms with Gasteiger partial charge in [-0.05, 0) is 41.0 Å². The Hall–Kier alpha value is -3.46. The molecule has 0 saturated heterocycles. The van der Waals surface area contributed by atoms with Crippen molar-refractivity contribution in [3.8, 4) is 0 Å². The van der Waals surface area contributed by atoms with Gasteiger partial charge in [-0.3, -0.25) is 14.7 Å². The van der Waals surface area contributed by atoms with Gasteiger partial charge in [-0.1, -0.05) is 42.5 Å². The number of alkyl halides is 3. The molecule has 3 aromatic rings. The molecule has 2 heterocycles. The fourth-order valence-electron chi connectivity index (χ4n) is 3.26. The zero-order valence-electron chi connectivity index (χ0n) is 16.0. The number of hydrogen-bond acceptors (Lipinski definition) is 4. The van der Waals surface area contributed by atoms with Crippen LogP contribution in [0, 0.1) is 0 Å². The summed E-state index contributed by atoms with van der Waals surface area (Å²) in [4.78, 5) is 8.79. The second kappa shape index (κ2) is 7.99. The molecule has 0 bridgehead atoms. The lowest BCUT2D eigenvalue weighted by Gasteiger charge is -2.12. The molecule has 0 fully saturated rings. The molecular weight excluding hydrogens is 427 g/mol. The number of nitrogens with zero attached hydrogens (tertiary/aromatic N) is 2. The van der Waals surface area contributed by atoms with E-state index in [1.165, 1.54) is 18.2 Å². The molecule has 1 aliphatic heterocycles. The first kappa shape index (κ1) is 20.8. The van der Waals surface area contributed by atoms with E-state index in [-0.39, 0.29) is 5.69 Å². The molecule has 158 valence electrons. The number of aromatic nitrogens is 1. The molecule has 31 heavy (non-hydrogen) atoms. The number of rotatable bonds is 5. The van der Waals surface area contributed by atoms with Crippen LogP contribution in [0.25, 0.3) is 11.3 Å². The van der Waals surface area contributed by atoms with Gasteiger partial charge in [-0.25, -0.2) is 0 Å². The van der Waals surface area contributed by atoms with Gasteiger partial charge in [0, 0.05) is 30.1 Å². The van der Waals surface area contributed by atoms with Crippen LogP contribution in [0.15, 0.2) is 84.1 Å². The number of benzene rings is 2. The summed E-state index contributed by atoms with van der Waals surface area (Å²) in [6.45, 7) is 0. The van der Waals surface area contributed by atoms with E-state index >= 15 is 0 Å². The predicted octanol–water partition coefficient (Wildman–Crippen LogP) is 5.10. The summed E-state index contributed by atoms with van der Waals surface area (Å²) in [5, 5.41) is 0. The Bertz CT molecular complexity index is 1270. The molecule has 1 N–H and O–H groups in total. The van der Waals surface area contributed by atoms with E-state index in [9.17, 15) is 21.6 Å². The average Bonchev–Trinajstić information content (AvgIpc) is 3.20. The second-order valence-corrected chi connectivity index (χ2v) is 8.47. The molecule has 0 radical (unpaired) electrons. The highest BCUT2D eigenvalue weighted by Gasteiger charge is 2.46. The van der Waals surface area contributed by atoms with Gasteiger partial charge in [-0.15, -0.1) is 0 Å². The standard InChI is InChI=1S/C22H16F3N3O2S/c23-22(24,25)31(29,30)28-18-8-4-7-17(13-18)19-14-20(15-5-2-1-3-6-15)27-21(19)16-9-11-26-12-10-16/h1-13,28H,14H2. The first-order valence-corrected chi connectivity index (χ1v) is 10.7. The maximum atomic E-state index is 12.8. The molecule has 0 saturated carbocycles. The third kappa shape index (κ3) is 4.36. The lowest BCUT2D eigenvalue weighted by Crippen LogP contribution is -2.29. The summed E-state index contributed by atoms with van der Waals surface area (Å²) in [7, 11) is -5.51. The topological polar surface area (TPSA) is 71.4 Å². The number of halogens is 3. The average molecular weight is 443 g/mol. The van der Waals surface area contributed by atoms with Gasteiger partial charge in [0.2, 0.25) is 0 Å². The SMILES string of the molecule is O=S(=O)(Nc1cccc(C2=C(c3ccncc3)N=C(c3ccccc3)C2)c1)C(F)(F)F. The van der Waals surface area contributed by atoms with E-state index in [1.54, 1.807) is 35.3 Å². The van der Waals surface area contributed by atoms with E-state index in [1.807, 2.05) is 30.3 Å². The number of anilines is 1. The van der Waals surface area contributed by atoms with Crippen LogP contribution < -0.4 is 4.72 Å². The number of pyridine rings is 1. The van der Waals surface area contributed by atoms with Crippen molar-refractivity contribution in [2.45, 2.75) is 11.9 Å². The normalized spacial score (nSPS) is 14.5. The molecule has 0 atom stereocenters. The Morgan fingerprint density at radius 2 is 1.52 bits per heavy atom. The van der Waals surface area contributed by atoms with Crippen LogP contribution in [0.3, 0.4) is 0 Å².